The summed E-state index contributed by atoms with van der Waals surface area (Å²) in [6, 6.07) is 8.03. The van der Waals surface area contributed by atoms with Gasteiger partial charge in [0.2, 0.25) is 0 Å². The van der Waals surface area contributed by atoms with Crippen LogP contribution in [0.4, 0.5) is 10.1 Å². The second-order valence-electron chi connectivity index (χ2n) is 2.93. The molecule has 1 heterocycles. The highest BCUT2D eigenvalue weighted by Gasteiger charge is 1.90. The number of hydrazone groups is 1. The van der Waals surface area contributed by atoms with E-state index in [0.717, 1.165) is 11.3 Å². The molecule has 2 nitrogen and oxygen atoms in total. The van der Waals surface area contributed by atoms with E-state index in [1.54, 1.807) is 29.7 Å². The van der Waals surface area contributed by atoms with Crippen molar-refractivity contribution < 1.29 is 4.39 Å². The summed E-state index contributed by atoms with van der Waals surface area (Å²) in [5.74, 6) is -0.248. The molecule has 0 saturated heterocycles. The first-order valence-electron chi connectivity index (χ1n) is 4.41. The molecule has 0 saturated carbocycles. The molecular weight excluding hydrogens is 211 g/mol. The third-order valence-electron chi connectivity index (χ3n) is 1.79. The van der Waals surface area contributed by atoms with Crippen LogP contribution in [0.15, 0.2) is 46.2 Å². The largest absolute Gasteiger partial charge is 0.279 e. The van der Waals surface area contributed by atoms with Gasteiger partial charge in [0.15, 0.2) is 0 Å². The van der Waals surface area contributed by atoms with Crippen LogP contribution in [-0.4, -0.2) is 6.21 Å². The molecular formula is C11H9FN2S. The van der Waals surface area contributed by atoms with Crippen molar-refractivity contribution in [2.24, 2.45) is 5.10 Å². The van der Waals surface area contributed by atoms with Gasteiger partial charge in [0.1, 0.15) is 5.82 Å². The summed E-state index contributed by atoms with van der Waals surface area (Å²) >= 11 is 1.62. The van der Waals surface area contributed by atoms with Crippen LogP contribution in [0.5, 0.6) is 0 Å². The summed E-state index contributed by atoms with van der Waals surface area (Å²) in [5, 5.41) is 8.00. The van der Waals surface area contributed by atoms with E-state index in [1.807, 2.05) is 16.8 Å². The molecule has 0 fully saturated rings. The summed E-state index contributed by atoms with van der Waals surface area (Å²) in [7, 11) is 0. The third kappa shape index (κ3) is 2.89. The maximum atomic E-state index is 12.6. The zero-order chi connectivity index (χ0) is 10.5. The number of hydrogen-bond donors (Lipinski definition) is 1. The SMILES string of the molecule is Fc1ccc(N/N=C\c2ccsc2)cc1. The van der Waals surface area contributed by atoms with Crippen LogP contribution in [0.2, 0.25) is 0 Å². The Bertz CT molecular complexity index is 434. The Morgan fingerprint density at radius 1 is 1.20 bits per heavy atom. The summed E-state index contributed by atoms with van der Waals surface area (Å²) in [4.78, 5) is 0. The summed E-state index contributed by atoms with van der Waals surface area (Å²) in [6.45, 7) is 0. The van der Waals surface area contributed by atoms with Gasteiger partial charge in [0, 0.05) is 5.56 Å². The molecule has 0 radical (unpaired) electrons. The topological polar surface area (TPSA) is 24.4 Å². The highest BCUT2D eigenvalue weighted by molar-refractivity contribution is 7.08. The number of nitrogens with zero attached hydrogens (tertiary/aromatic N) is 1. The van der Waals surface area contributed by atoms with Gasteiger partial charge in [-0.05, 0) is 41.1 Å². The molecule has 1 aromatic heterocycles. The van der Waals surface area contributed by atoms with Gasteiger partial charge < -0.3 is 0 Å². The van der Waals surface area contributed by atoms with Gasteiger partial charge in [-0.2, -0.15) is 16.4 Å². The number of hydrogen-bond acceptors (Lipinski definition) is 3. The highest BCUT2D eigenvalue weighted by atomic mass is 32.1. The summed E-state index contributed by atoms with van der Waals surface area (Å²) in [6.07, 6.45) is 1.72. The first kappa shape index (κ1) is 9.86. The van der Waals surface area contributed by atoms with E-state index in [4.69, 9.17) is 0 Å². The monoisotopic (exact) mass is 220 g/mol. The van der Waals surface area contributed by atoms with Crippen LogP contribution in [0.25, 0.3) is 0 Å². The summed E-state index contributed by atoms with van der Waals surface area (Å²) < 4.78 is 12.6. The van der Waals surface area contributed by atoms with Gasteiger partial charge in [-0.1, -0.05) is 0 Å². The first-order chi connectivity index (χ1) is 7.34. The number of halogens is 1. The minimum atomic E-state index is -0.248. The molecule has 15 heavy (non-hydrogen) atoms. The van der Waals surface area contributed by atoms with E-state index in [9.17, 15) is 4.39 Å². The lowest BCUT2D eigenvalue weighted by Crippen LogP contribution is -1.89. The number of thiophene rings is 1. The molecule has 0 amide bonds. The molecule has 4 heteroatoms. The lowest BCUT2D eigenvalue weighted by Gasteiger charge is -1.98. The smallest absolute Gasteiger partial charge is 0.123 e. The second-order valence-corrected chi connectivity index (χ2v) is 3.71. The molecule has 0 bridgehead atoms. The average molecular weight is 220 g/mol. The van der Waals surface area contributed by atoms with Crippen LogP contribution in [0.1, 0.15) is 5.56 Å². The molecule has 2 aromatic rings. The Morgan fingerprint density at radius 3 is 2.67 bits per heavy atom. The van der Waals surface area contributed by atoms with Gasteiger partial charge in [0.05, 0.1) is 11.9 Å². The van der Waals surface area contributed by atoms with Crippen molar-refractivity contribution in [2.45, 2.75) is 0 Å². The fraction of sp³-hybridized carbons (Fsp3) is 0. The van der Waals surface area contributed by atoms with Crippen molar-refractivity contribution in [3.63, 3.8) is 0 Å². The predicted molar refractivity (Wildman–Crippen MR) is 61.9 cm³/mol. The number of nitrogens with one attached hydrogen (secondary N) is 1. The Labute approximate surface area is 91.1 Å². The molecule has 2 rings (SSSR count). The molecule has 0 unspecified atom stereocenters. The fourth-order valence-electron chi connectivity index (χ4n) is 1.05. The fourth-order valence-corrected chi connectivity index (χ4v) is 1.67. The lowest BCUT2D eigenvalue weighted by molar-refractivity contribution is 0.628. The molecule has 1 N–H and O–H groups in total. The number of benzene rings is 1. The van der Waals surface area contributed by atoms with Gasteiger partial charge in [-0.3, -0.25) is 5.43 Å². The molecule has 0 spiro atoms. The predicted octanol–water partition coefficient (Wildman–Crippen LogP) is 3.33. The Balaban J connectivity index is 1.96. The van der Waals surface area contributed by atoms with Crippen LogP contribution in [0.3, 0.4) is 0 Å². The van der Waals surface area contributed by atoms with Crippen LogP contribution in [-0.2, 0) is 0 Å². The number of anilines is 1. The standard InChI is InChI=1S/C11H9FN2S/c12-10-1-3-11(4-2-10)14-13-7-9-5-6-15-8-9/h1-8,14H/b13-7-. The molecule has 0 aliphatic heterocycles. The molecule has 0 atom stereocenters. The molecule has 0 aliphatic carbocycles. The summed E-state index contributed by atoms with van der Waals surface area (Å²) in [5.41, 5.74) is 4.63. The highest BCUT2D eigenvalue weighted by Crippen LogP contribution is 2.08. The first-order valence-corrected chi connectivity index (χ1v) is 5.36. The zero-order valence-corrected chi connectivity index (χ0v) is 8.67. The zero-order valence-electron chi connectivity index (χ0n) is 7.85. The van der Waals surface area contributed by atoms with Crippen LogP contribution >= 0.6 is 11.3 Å². The number of rotatable bonds is 3. The van der Waals surface area contributed by atoms with Crippen molar-refractivity contribution in [3.05, 3.63) is 52.5 Å². The van der Waals surface area contributed by atoms with Gasteiger partial charge in [-0.25, -0.2) is 4.39 Å². The molecule has 76 valence electrons. The van der Waals surface area contributed by atoms with E-state index < -0.39 is 0 Å². The maximum absolute atomic E-state index is 12.6. The van der Waals surface area contributed by atoms with E-state index in [0.29, 0.717) is 0 Å². The van der Waals surface area contributed by atoms with Crippen LogP contribution in [0, 0.1) is 5.82 Å². The normalized spacial score (nSPS) is 10.7. The minimum absolute atomic E-state index is 0.248. The van der Waals surface area contributed by atoms with Gasteiger partial charge in [0.25, 0.3) is 0 Å². The van der Waals surface area contributed by atoms with Crippen molar-refractivity contribution in [2.75, 3.05) is 5.43 Å². The van der Waals surface area contributed by atoms with Crippen molar-refractivity contribution in [1.29, 1.82) is 0 Å². The molecule has 0 aliphatic rings. The maximum Gasteiger partial charge on any atom is 0.123 e. The quantitative estimate of drug-likeness (QED) is 0.622. The average Bonchev–Trinajstić information content (AvgIpc) is 2.74. The van der Waals surface area contributed by atoms with E-state index in [1.165, 1.54) is 12.1 Å². The second kappa shape index (κ2) is 4.70. The Kier molecular flexibility index (Phi) is 3.09. The van der Waals surface area contributed by atoms with E-state index >= 15 is 0 Å². The van der Waals surface area contributed by atoms with Gasteiger partial charge >= 0.3 is 0 Å². The van der Waals surface area contributed by atoms with Crippen molar-refractivity contribution in [3.8, 4) is 0 Å². The van der Waals surface area contributed by atoms with Gasteiger partial charge in [-0.15, -0.1) is 0 Å². The Morgan fingerprint density at radius 2 is 2.00 bits per heavy atom. The van der Waals surface area contributed by atoms with Crippen molar-refractivity contribution in [1.82, 2.24) is 0 Å². The van der Waals surface area contributed by atoms with E-state index in [2.05, 4.69) is 10.5 Å². The Hall–Kier alpha value is -1.68. The van der Waals surface area contributed by atoms with E-state index in [-0.39, 0.29) is 5.82 Å². The lowest BCUT2D eigenvalue weighted by atomic mass is 10.3. The minimum Gasteiger partial charge on any atom is -0.279 e. The third-order valence-corrected chi connectivity index (χ3v) is 2.50. The van der Waals surface area contributed by atoms with Crippen molar-refractivity contribution >= 4 is 23.2 Å². The van der Waals surface area contributed by atoms with Crippen LogP contribution < -0.4 is 5.43 Å². The molecule has 1 aromatic carbocycles.